The Morgan fingerprint density at radius 1 is 0.407 bits per heavy atom. The smallest absolute Gasteiger partial charge is 0.387 e. The molecule has 3 N–H and O–H groups in total. The minimum atomic E-state index is -4.36. The van der Waals surface area contributed by atoms with Gasteiger partial charge in [-0.1, -0.05) is 326 Å². The first-order valence-corrected chi connectivity index (χ1v) is 37.0. The van der Waals surface area contributed by atoms with Gasteiger partial charge in [-0.15, -0.1) is 0 Å². The molecule has 1 amide bonds. The first kappa shape index (κ1) is 79.5. The molecule has 3 unspecified atom stereocenters. The highest BCUT2D eigenvalue weighted by Crippen LogP contribution is 2.43. The van der Waals surface area contributed by atoms with Gasteiger partial charge in [0.25, 0.3) is 0 Å². The summed E-state index contributed by atoms with van der Waals surface area (Å²) < 4.78 is 23.8. The Kier molecular flexibility index (Phi) is 61.8. The van der Waals surface area contributed by atoms with Gasteiger partial charge < -0.3 is 19.8 Å². The average Bonchev–Trinajstić information content (AvgIpc) is 3.43. The number of carbonyl (C=O) groups is 1. The van der Waals surface area contributed by atoms with Gasteiger partial charge >= 0.3 is 7.82 Å². The number of quaternary nitrogens is 1. The van der Waals surface area contributed by atoms with Crippen molar-refractivity contribution in [1.29, 1.82) is 0 Å². The molecule has 0 spiro atoms. The summed E-state index contributed by atoms with van der Waals surface area (Å²) in [6, 6.07) is -0.870. The van der Waals surface area contributed by atoms with Crippen molar-refractivity contribution < 1.29 is 32.9 Å². The molecule has 0 aromatic rings. The predicted octanol–water partition coefficient (Wildman–Crippen LogP) is 22.6. The Morgan fingerprint density at radius 3 is 0.988 bits per heavy atom. The van der Waals surface area contributed by atoms with Gasteiger partial charge in [-0.25, -0.2) is 4.57 Å². The first-order valence-electron chi connectivity index (χ1n) is 35.5. The molecule has 0 bridgehead atoms. The fraction of sp³-hybridized carbons (Fsp3) is 0.875. The van der Waals surface area contributed by atoms with Crippen LogP contribution in [0, 0.1) is 0 Å². The Bertz CT molecular complexity index is 1460. The Balaban J connectivity index is 4.04. The van der Waals surface area contributed by atoms with Crippen molar-refractivity contribution in [3.05, 3.63) is 48.6 Å². The number of aliphatic hydroxyl groups is 1. The number of phosphoric ester groups is 1. The van der Waals surface area contributed by atoms with Crippen LogP contribution in [0.1, 0.15) is 354 Å². The van der Waals surface area contributed by atoms with Gasteiger partial charge in [-0.2, -0.15) is 0 Å². The zero-order valence-corrected chi connectivity index (χ0v) is 55.7. The number of unbranched alkanes of at least 4 members (excludes halogenated alkanes) is 47. The van der Waals surface area contributed by atoms with Gasteiger partial charge in [0.2, 0.25) is 5.91 Å². The molecule has 81 heavy (non-hydrogen) atoms. The fourth-order valence-corrected chi connectivity index (χ4v) is 11.5. The normalized spacial score (nSPS) is 13.9. The molecule has 3 atom stereocenters. The third-order valence-corrected chi connectivity index (χ3v) is 17.2. The summed E-state index contributed by atoms with van der Waals surface area (Å²) in [5, 5.41) is 14.0. The van der Waals surface area contributed by atoms with Gasteiger partial charge in [0, 0.05) is 6.42 Å². The van der Waals surface area contributed by atoms with Gasteiger partial charge in [0.05, 0.1) is 39.9 Å². The zero-order valence-electron chi connectivity index (χ0n) is 54.8. The highest BCUT2D eigenvalue weighted by Gasteiger charge is 2.28. The molecule has 0 radical (unpaired) electrons. The average molecular weight is 1160 g/mol. The van der Waals surface area contributed by atoms with Crippen LogP contribution in [0.5, 0.6) is 0 Å². The summed E-state index contributed by atoms with van der Waals surface area (Å²) in [4.78, 5) is 23.4. The summed E-state index contributed by atoms with van der Waals surface area (Å²) in [5.74, 6) is -0.184. The number of rotatable bonds is 66. The standard InChI is InChI=1S/C72H139N2O6P/c1-6-8-10-12-14-16-18-20-22-24-26-28-30-32-33-34-35-36-37-38-39-40-41-42-44-46-48-50-52-54-56-58-60-62-64-66-72(76)73-70(69-80-81(77,78)79-68-67-74(3,4)5)71(75)65-63-61-59-57-55-53-51-49-47-45-43-31-29-27-25-23-21-19-17-15-13-11-9-7-2/h24,26,47,49,55,57,63,65,70-71,75H,6-23,25,27-46,48,50-54,56,58-62,64,66-69H2,1-5H3,(H-,73,76,77,78)/p+1/b26-24-,49-47+,57-55+,65-63+. The molecular formula is C72H140N2O6P+. The van der Waals surface area contributed by atoms with Crippen molar-refractivity contribution >= 4 is 13.7 Å². The Morgan fingerprint density at radius 2 is 0.679 bits per heavy atom. The maximum Gasteiger partial charge on any atom is 0.472 e. The van der Waals surface area contributed by atoms with Crippen LogP contribution in [-0.2, 0) is 18.4 Å². The molecule has 0 aliphatic carbocycles. The van der Waals surface area contributed by atoms with Crippen LogP contribution in [-0.4, -0.2) is 73.4 Å². The second-order valence-electron chi connectivity index (χ2n) is 25.6. The summed E-state index contributed by atoms with van der Waals surface area (Å²) in [6.07, 6.45) is 85.6. The van der Waals surface area contributed by atoms with E-state index < -0.39 is 20.0 Å². The number of hydrogen-bond donors (Lipinski definition) is 3. The lowest BCUT2D eigenvalue weighted by molar-refractivity contribution is -0.870. The van der Waals surface area contributed by atoms with E-state index in [1.165, 1.54) is 289 Å². The van der Waals surface area contributed by atoms with Crippen molar-refractivity contribution in [2.45, 2.75) is 366 Å². The second-order valence-corrected chi connectivity index (χ2v) is 27.0. The van der Waals surface area contributed by atoms with Crippen LogP contribution < -0.4 is 5.32 Å². The number of allylic oxidation sites excluding steroid dienone is 7. The lowest BCUT2D eigenvalue weighted by Crippen LogP contribution is -2.45. The summed E-state index contributed by atoms with van der Waals surface area (Å²) >= 11 is 0. The monoisotopic (exact) mass is 1160 g/mol. The zero-order chi connectivity index (χ0) is 59.1. The summed E-state index contributed by atoms with van der Waals surface area (Å²) in [6.45, 7) is 4.84. The van der Waals surface area contributed by atoms with Crippen molar-refractivity contribution in [3.63, 3.8) is 0 Å². The van der Waals surface area contributed by atoms with E-state index in [1.54, 1.807) is 6.08 Å². The van der Waals surface area contributed by atoms with Crippen LogP contribution >= 0.6 is 7.82 Å². The van der Waals surface area contributed by atoms with E-state index in [9.17, 15) is 19.4 Å². The molecule has 0 aromatic heterocycles. The lowest BCUT2D eigenvalue weighted by atomic mass is 10.0. The molecule has 0 saturated heterocycles. The summed E-state index contributed by atoms with van der Waals surface area (Å²) in [7, 11) is 1.56. The van der Waals surface area contributed by atoms with Crippen LogP contribution in [0.2, 0.25) is 0 Å². The molecule has 0 aliphatic rings. The minimum Gasteiger partial charge on any atom is -0.387 e. The van der Waals surface area contributed by atoms with Crippen LogP contribution in [0.4, 0.5) is 0 Å². The Hall–Kier alpha value is -1.54. The molecule has 8 nitrogen and oxygen atoms in total. The highest BCUT2D eigenvalue weighted by molar-refractivity contribution is 7.47. The van der Waals surface area contributed by atoms with Crippen molar-refractivity contribution in [3.8, 4) is 0 Å². The third-order valence-electron chi connectivity index (χ3n) is 16.2. The van der Waals surface area contributed by atoms with E-state index in [0.717, 1.165) is 44.9 Å². The van der Waals surface area contributed by atoms with Gasteiger partial charge in [0.1, 0.15) is 13.2 Å². The SMILES string of the molecule is CCCCCCCCCC/C=C\CCCCCCCCCCCCCCCCCCCCCCCCCC(=O)NC(COP(=O)(O)OCC[N+](C)(C)C)C(O)/C=C/CC/C=C/CC/C=C/CCCCCCCCCCCCCCCC. The number of amides is 1. The molecule has 9 heteroatoms. The molecule has 0 aromatic carbocycles. The largest absolute Gasteiger partial charge is 0.472 e. The maximum atomic E-state index is 13.0. The van der Waals surface area contributed by atoms with E-state index >= 15 is 0 Å². The Labute approximate surface area is 505 Å². The molecule has 0 rings (SSSR count). The van der Waals surface area contributed by atoms with E-state index in [4.69, 9.17) is 9.05 Å². The molecular weight excluding hydrogens is 1020 g/mol. The van der Waals surface area contributed by atoms with Crippen molar-refractivity contribution in [1.82, 2.24) is 5.32 Å². The van der Waals surface area contributed by atoms with Gasteiger partial charge in [-0.3, -0.25) is 13.8 Å². The fourth-order valence-electron chi connectivity index (χ4n) is 10.7. The van der Waals surface area contributed by atoms with Crippen LogP contribution in [0.25, 0.3) is 0 Å². The highest BCUT2D eigenvalue weighted by atomic mass is 31.2. The van der Waals surface area contributed by atoms with Crippen molar-refractivity contribution in [2.75, 3.05) is 40.9 Å². The van der Waals surface area contributed by atoms with E-state index in [2.05, 4.69) is 55.6 Å². The number of phosphoric acid groups is 1. The second kappa shape index (κ2) is 63.0. The lowest BCUT2D eigenvalue weighted by Gasteiger charge is -2.25. The van der Waals surface area contributed by atoms with E-state index in [0.29, 0.717) is 17.4 Å². The molecule has 0 fully saturated rings. The van der Waals surface area contributed by atoms with E-state index in [-0.39, 0.29) is 19.1 Å². The van der Waals surface area contributed by atoms with Crippen molar-refractivity contribution in [2.24, 2.45) is 0 Å². The van der Waals surface area contributed by atoms with Crippen LogP contribution in [0.3, 0.4) is 0 Å². The first-order chi connectivity index (χ1) is 39.5. The predicted molar refractivity (Wildman–Crippen MR) is 355 cm³/mol. The topological polar surface area (TPSA) is 105 Å². The number of aliphatic hydroxyl groups excluding tert-OH is 1. The quantitative estimate of drug-likeness (QED) is 0.0243. The number of carbonyl (C=O) groups excluding carboxylic acids is 1. The minimum absolute atomic E-state index is 0.0546. The third kappa shape index (κ3) is 65.9. The van der Waals surface area contributed by atoms with Crippen LogP contribution in [0.15, 0.2) is 48.6 Å². The number of hydrogen-bond acceptors (Lipinski definition) is 5. The summed E-state index contributed by atoms with van der Waals surface area (Å²) in [5.41, 5.74) is 0. The number of likely N-dealkylation sites (N-methyl/N-ethyl adjacent to an activating group) is 1. The molecule has 478 valence electrons. The maximum absolute atomic E-state index is 13.0. The number of nitrogens with one attached hydrogen (secondary N) is 1. The molecule has 0 aliphatic heterocycles. The van der Waals surface area contributed by atoms with E-state index in [1.807, 2.05) is 27.2 Å². The molecule has 0 saturated carbocycles. The van der Waals surface area contributed by atoms with Gasteiger partial charge in [0.15, 0.2) is 0 Å². The number of nitrogens with zero attached hydrogens (tertiary/aromatic N) is 1. The van der Waals surface area contributed by atoms with Gasteiger partial charge in [-0.05, 0) is 70.6 Å². The molecule has 0 heterocycles.